The average molecular weight is 340 g/mol. The highest BCUT2D eigenvalue weighted by Gasteiger charge is 2.32. The third kappa shape index (κ3) is 3.96. The Morgan fingerprint density at radius 1 is 1.20 bits per heavy atom. The highest BCUT2D eigenvalue weighted by Crippen LogP contribution is 2.28. The number of anilines is 1. The summed E-state index contributed by atoms with van der Waals surface area (Å²) in [6.07, 6.45) is 3.61. The first-order valence-corrected chi connectivity index (χ1v) is 8.58. The molecule has 1 saturated heterocycles. The molecule has 6 nitrogen and oxygen atoms in total. The fourth-order valence-electron chi connectivity index (χ4n) is 3.44. The van der Waals surface area contributed by atoms with Crippen molar-refractivity contribution < 1.29 is 9.53 Å². The normalized spacial score (nSPS) is 17.0. The molecule has 1 aliphatic heterocycles. The second kappa shape index (κ2) is 8.07. The molecule has 0 amide bonds. The third-order valence-electron chi connectivity index (χ3n) is 4.87. The molecular formula is C19H24N4O2. The largest absolute Gasteiger partial charge is 0.468 e. The molecule has 2 aromatic rings. The summed E-state index contributed by atoms with van der Waals surface area (Å²) in [5, 5.41) is 8.14. The van der Waals surface area contributed by atoms with Crippen LogP contribution in [0, 0.1) is 0 Å². The maximum Gasteiger partial charge on any atom is 0.327 e. The monoisotopic (exact) mass is 340 g/mol. The summed E-state index contributed by atoms with van der Waals surface area (Å²) in [7, 11) is 3.51. The van der Waals surface area contributed by atoms with E-state index in [1.54, 1.807) is 6.20 Å². The van der Waals surface area contributed by atoms with Crippen molar-refractivity contribution in [2.75, 3.05) is 32.1 Å². The van der Waals surface area contributed by atoms with Crippen LogP contribution >= 0.6 is 0 Å². The van der Waals surface area contributed by atoms with Crippen molar-refractivity contribution in [3.05, 3.63) is 54.2 Å². The Morgan fingerprint density at radius 2 is 1.92 bits per heavy atom. The molecule has 0 aliphatic carbocycles. The number of aromatic nitrogens is 2. The maximum atomic E-state index is 12.4. The minimum atomic E-state index is -0.339. The Bertz CT molecular complexity index is 672. The molecule has 0 bridgehead atoms. The predicted octanol–water partition coefficient (Wildman–Crippen LogP) is 2.29. The topological polar surface area (TPSA) is 58.6 Å². The number of piperidine rings is 1. The molecule has 25 heavy (non-hydrogen) atoms. The molecule has 3 rings (SSSR count). The van der Waals surface area contributed by atoms with Gasteiger partial charge in [0.25, 0.3) is 0 Å². The summed E-state index contributed by atoms with van der Waals surface area (Å²) in [4.78, 5) is 16.7. The van der Waals surface area contributed by atoms with Gasteiger partial charge in [-0.2, -0.15) is 5.10 Å². The lowest BCUT2D eigenvalue weighted by Crippen LogP contribution is -2.46. The maximum absolute atomic E-state index is 12.4. The minimum absolute atomic E-state index is 0.202. The zero-order valence-corrected chi connectivity index (χ0v) is 14.7. The van der Waals surface area contributed by atoms with E-state index in [1.807, 2.05) is 42.5 Å². The Balaban J connectivity index is 1.68. The zero-order valence-electron chi connectivity index (χ0n) is 14.7. The SMILES string of the molecule is COC(=O)C(c1ccccc1)N1CCC(N(C)c2cccnn2)CC1. The Labute approximate surface area is 148 Å². The van der Waals surface area contributed by atoms with Gasteiger partial charge in [-0.3, -0.25) is 4.90 Å². The van der Waals surface area contributed by atoms with Crippen LogP contribution in [0.4, 0.5) is 5.82 Å². The number of likely N-dealkylation sites (tertiary alicyclic amines) is 1. The van der Waals surface area contributed by atoms with Gasteiger partial charge >= 0.3 is 5.97 Å². The molecule has 1 fully saturated rings. The van der Waals surface area contributed by atoms with Gasteiger partial charge in [0, 0.05) is 32.4 Å². The number of rotatable bonds is 5. The van der Waals surface area contributed by atoms with Crippen molar-refractivity contribution >= 4 is 11.8 Å². The molecule has 1 unspecified atom stereocenters. The van der Waals surface area contributed by atoms with Crippen molar-refractivity contribution in [2.45, 2.75) is 24.9 Å². The molecule has 1 aromatic carbocycles. The molecule has 0 saturated carbocycles. The number of esters is 1. The standard InChI is InChI=1S/C19H24N4O2/c1-22(17-9-6-12-20-21-17)16-10-13-23(14-11-16)18(19(24)25-2)15-7-4-3-5-8-15/h3-9,12,16,18H,10-11,13-14H2,1-2H3. The van der Waals surface area contributed by atoms with Crippen LogP contribution < -0.4 is 4.90 Å². The van der Waals surface area contributed by atoms with E-state index in [2.05, 4.69) is 27.0 Å². The Morgan fingerprint density at radius 3 is 2.52 bits per heavy atom. The van der Waals surface area contributed by atoms with E-state index < -0.39 is 0 Å². The van der Waals surface area contributed by atoms with E-state index in [-0.39, 0.29) is 12.0 Å². The first kappa shape index (κ1) is 17.4. The number of methoxy groups -OCH3 is 1. The van der Waals surface area contributed by atoms with E-state index >= 15 is 0 Å². The first-order chi connectivity index (χ1) is 12.2. The van der Waals surface area contributed by atoms with Crippen LogP contribution in [0.3, 0.4) is 0 Å². The summed E-state index contributed by atoms with van der Waals surface area (Å²) in [5.41, 5.74) is 0.982. The van der Waals surface area contributed by atoms with Crippen LogP contribution in [0.15, 0.2) is 48.7 Å². The molecule has 6 heteroatoms. The van der Waals surface area contributed by atoms with Crippen molar-refractivity contribution in [2.24, 2.45) is 0 Å². The van der Waals surface area contributed by atoms with Crippen LogP contribution in [0.1, 0.15) is 24.4 Å². The Kier molecular flexibility index (Phi) is 5.60. The predicted molar refractivity (Wildman–Crippen MR) is 96.2 cm³/mol. The third-order valence-corrected chi connectivity index (χ3v) is 4.87. The van der Waals surface area contributed by atoms with Crippen molar-refractivity contribution in [3.8, 4) is 0 Å². The van der Waals surface area contributed by atoms with Gasteiger partial charge in [-0.1, -0.05) is 30.3 Å². The molecule has 2 heterocycles. The van der Waals surface area contributed by atoms with Gasteiger partial charge < -0.3 is 9.64 Å². The molecule has 132 valence electrons. The quantitative estimate of drug-likeness (QED) is 0.779. The van der Waals surface area contributed by atoms with E-state index in [1.165, 1.54) is 7.11 Å². The molecule has 0 radical (unpaired) electrons. The molecule has 1 aliphatic rings. The number of ether oxygens (including phenoxy) is 1. The second-order valence-electron chi connectivity index (χ2n) is 6.30. The number of hydrogen-bond acceptors (Lipinski definition) is 6. The van der Waals surface area contributed by atoms with Gasteiger partial charge in [-0.15, -0.1) is 5.10 Å². The fraction of sp³-hybridized carbons (Fsp3) is 0.421. The zero-order chi connectivity index (χ0) is 17.6. The second-order valence-corrected chi connectivity index (χ2v) is 6.30. The Hall–Kier alpha value is -2.47. The smallest absolute Gasteiger partial charge is 0.327 e. The van der Waals surface area contributed by atoms with Gasteiger partial charge in [0.2, 0.25) is 0 Å². The summed E-state index contributed by atoms with van der Waals surface area (Å²) in [6, 6.07) is 13.8. The van der Waals surface area contributed by atoms with Gasteiger partial charge in [-0.25, -0.2) is 4.79 Å². The van der Waals surface area contributed by atoms with E-state index in [9.17, 15) is 4.79 Å². The number of carbonyl (C=O) groups excluding carboxylic acids is 1. The van der Waals surface area contributed by atoms with Gasteiger partial charge in [-0.05, 0) is 30.5 Å². The summed E-state index contributed by atoms with van der Waals surface area (Å²) >= 11 is 0. The van der Waals surface area contributed by atoms with E-state index in [0.717, 1.165) is 37.3 Å². The molecule has 0 N–H and O–H groups in total. The lowest BCUT2D eigenvalue weighted by atomic mass is 9.98. The van der Waals surface area contributed by atoms with Crippen LogP contribution in [0.5, 0.6) is 0 Å². The lowest BCUT2D eigenvalue weighted by molar-refractivity contribution is -0.147. The molecule has 1 atom stereocenters. The van der Waals surface area contributed by atoms with Crippen LogP contribution in [0.2, 0.25) is 0 Å². The van der Waals surface area contributed by atoms with Crippen LogP contribution in [-0.4, -0.2) is 54.4 Å². The van der Waals surface area contributed by atoms with Crippen LogP contribution in [0.25, 0.3) is 0 Å². The van der Waals surface area contributed by atoms with Crippen molar-refractivity contribution in [1.82, 2.24) is 15.1 Å². The van der Waals surface area contributed by atoms with E-state index in [0.29, 0.717) is 6.04 Å². The minimum Gasteiger partial charge on any atom is -0.468 e. The van der Waals surface area contributed by atoms with Crippen LogP contribution in [-0.2, 0) is 9.53 Å². The summed E-state index contributed by atoms with van der Waals surface area (Å²) in [5.74, 6) is 0.681. The highest BCUT2D eigenvalue weighted by molar-refractivity contribution is 5.77. The number of carbonyl (C=O) groups is 1. The summed E-state index contributed by atoms with van der Waals surface area (Å²) in [6.45, 7) is 1.67. The van der Waals surface area contributed by atoms with Crippen molar-refractivity contribution in [3.63, 3.8) is 0 Å². The summed E-state index contributed by atoms with van der Waals surface area (Å²) < 4.78 is 5.05. The van der Waals surface area contributed by atoms with Gasteiger partial charge in [0.15, 0.2) is 5.82 Å². The average Bonchev–Trinajstić information content (AvgIpc) is 2.69. The molecular weight excluding hydrogens is 316 g/mol. The molecule has 0 spiro atoms. The van der Waals surface area contributed by atoms with Crippen molar-refractivity contribution in [1.29, 1.82) is 0 Å². The number of hydrogen-bond donors (Lipinski definition) is 0. The molecule has 1 aromatic heterocycles. The van der Waals surface area contributed by atoms with Gasteiger partial charge in [0.05, 0.1) is 7.11 Å². The lowest BCUT2D eigenvalue weighted by Gasteiger charge is -2.39. The highest BCUT2D eigenvalue weighted by atomic mass is 16.5. The number of nitrogens with zero attached hydrogens (tertiary/aromatic N) is 4. The van der Waals surface area contributed by atoms with E-state index in [4.69, 9.17) is 4.74 Å². The fourth-order valence-corrected chi connectivity index (χ4v) is 3.44. The van der Waals surface area contributed by atoms with Gasteiger partial charge in [0.1, 0.15) is 6.04 Å². The first-order valence-electron chi connectivity index (χ1n) is 8.58. The number of benzene rings is 1.